The third-order valence-corrected chi connectivity index (χ3v) is 6.54. The molecule has 0 spiro atoms. The van der Waals surface area contributed by atoms with Crippen molar-refractivity contribution in [2.24, 2.45) is 5.92 Å². The number of rotatable bonds is 6. The predicted molar refractivity (Wildman–Crippen MR) is 117 cm³/mol. The van der Waals surface area contributed by atoms with Gasteiger partial charge < -0.3 is 10.2 Å². The number of hydrogen-bond donors (Lipinski definition) is 2. The van der Waals surface area contributed by atoms with Crippen molar-refractivity contribution in [1.29, 1.82) is 0 Å². The molecule has 2 N–H and O–H groups in total. The third kappa shape index (κ3) is 5.16. The van der Waals surface area contributed by atoms with E-state index in [4.69, 9.17) is 0 Å². The average molecular weight is 480 g/mol. The number of carbonyl (C=O) groups is 2. The van der Waals surface area contributed by atoms with Gasteiger partial charge in [-0.3, -0.25) is 14.3 Å². The topological polar surface area (TPSA) is 95.6 Å². The van der Waals surface area contributed by atoms with Gasteiger partial charge in [-0.15, -0.1) is 0 Å². The highest BCUT2D eigenvalue weighted by Gasteiger charge is 2.35. The maximum Gasteiger partial charge on any atom is 0.232 e. The Labute approximate surface area is 178 Å². The van der Waals surface area contributed by atoms with Gasteiger partial charge in [-0.2, -0.15) is 0 Å². The summed E-state index contributed by atoms with van der Waals surface area (Å²) >= 11 is 3.39. The van der Waals surface area contributed by atoms with Crippen LogP contribution in [0, 0.1) is 12.8 Å². The van der Waals surface area contributed by atoms with Gasteiger partial charge in [0.2, 0.25) is 21.8 Å². The van der Waals surface area contributed by atoms with E-state index in [1.54, 1.807) is 36.9 Å². The van der Waals surface area contributed by atoms with Crippen LogP contribution in [0.4, 0.5) is 17.1 Å². The quantitative estimate of drug-likeness (QED) is 0.662. The van der Waals surface area contributed by atoms with Gasteiger partial charge >= 0.3 is 0 Å². The maximum absolute atomic E-state index is 12.7. The molecular weight excluding hydrogens is 458 g/mol. The maximum atomic E-state index is 12.7. The van der Waals surface area contributed by atoms with Crippen LogP contribution in [0.5, 0.6) is 0 Å². The van der Waals surface area contributed by atoms with Gasteiger partial charge in [0.15, 0.2) is 0 Å². The van der Waals surface area contributed by atoms with Crippen molar-refractivity contribution < 1.29 is 18.0 Å². The lowest BCUT2D eigenvalue weighted by Gasteiger charge is -2.17. The zero-order chi connectivity index (χ0) is 21.2. The van der Waals surface area contributed by atoms with E-state index < -0.39 is 15.9 Å². The molecule has 2 amide bonds. The zero-order valence-electron chi connectivity index (χ0n) is 16.1. The molecule has 154 valence electrons. The van der Waals surface area contributed by atoms with Gasteiger partial charge in [0.05, 0.1) is 17.4 Å². The highest BCUT2D eigenvalue weighted by molar-refractivity contribution is 9.10. The number of halogens is 1. The monoisotopic (exact) mass is 479 g/mol. The molecule has 0 bridgehead atoms. The highest BCUT2D eigenvalue weighted by atomic mass is 79.9. The highest BCUT2D eigenvalue weighted by Crippen LogP contribution is 2.28. The zero-order valence-corrected chi connectivity index (χ0v) is 18.5. The Hall–Kier alpha value is -2.39. The Balaban J connectivity index is 1.68. The molecule has 9 heteroatoms. The molecule has 3 rings (SSSR count). The van der Waals surface area contributed by atoms with Crippen LogP contribution >= 0.6 is 15.9 Å². The van der Waals surface area contributed by atoms with Crippen molar-refractivity contribution in [3.8, 4) is 0 Å². The van der Waals surface area contributed by atoms with Crippen molar-refractivity contribution in [2.45, 2.75) is 20.3 Å². The molecule has 0 aliphatic carbocycles. The van der Waals surface area contributed by atoms with Gasteiger partial charge in [0.1, 0.15) is 0 Å². The van der Waals surface area contributed by atoms with Crippen LogP contribution in [0.2, 0.25) is 0 Å². The van der Waals surface area contributed by atoms with Gasteiger partial charge in [-0.05, 0) is 55.8 Å². The summed E-state index contributed by atoms with van der Waals surface area (Å²) in [5, 5.41) is 2.83. The van der Waals surface area contributed by atoms with Gasteiger partial charge in [0, 0.05) is 28.8 Å². The number of aryl methyl sites for hydroxylation is 1. The Bertz CT molecular complexity index is 1060. The summed E-state index contributed by atoms with van der Waals surface area (Å²) in [6.07, 6.45) is 0.145. The summed E-state index contributed by atoms with van der Waals surface area (Å²) in [6, 6.07) is 12.4. The minimum absolute atomic E-state index is 0.0187. The molecule has 0 radical (unpaired) electrons. The first-order valence-corrected chi connectivity index (χ1v) is 11.6. The van der Waals surface area contributed by atoms with Crippen molar-refractivity contribution in [3.05, 3.63) is 52.5 Å². The van der Waals surface area contributed by atoms with Crippen LogP contribution in [0.15, 0.2) is 46.9 Å². The molecule has 2 aromatic rings. The number of benzene rings is 2. The van der Waals surface area contributed by atoms with Crippen LogP contribution in [0.25, 0.3) is 0 Å². The normalized spacial score (nSPS) is 16.7. The summed E-state index contributed by atoms with van der Waals surface area (Å²) in [4.78, 5) is 26.7. The molecule has 2 aromatic carbocycles. The van der Waals surface area contributed by atoms with E-state index in [1.165, 1.54) is 0 Å². The summed E-state index contributed by atoms with van der Waals surface area (Å²) in [7, 11) is -3.37. The van der Waals surface area contributed by atoms with Crippen LogP contribution in [-0.2, 0) is 19.6 Å². The van der Waals surface area contributed by atoms with E-state index in [0.717, 1.165) is 10.2 Å². The van der Waals surface area contributed by atoms with E-state index in [2.05, 4.69) is 26.0 Å². The van der Waals surface area contributed by atoms with E-state index >= 15 is 0 Å². The van der Waals surface area contributed by atoms with Crippen LogP contribution in [0.3, 0.4) is 0 Å². The Morgan fingerprint density at radius 1 is 1.24 bits per heavy atom. The SMILES string of the molecule is CCS(=O)(=O)Nc1ccc(NC(=O)C2CC(=O)N(c3cccc(Br)c3)C2)cc1C. The minimum Gasteiger partial charge on any atom is -0.326 e. The second kappa shape index (κ2) is 8.54. The largest absolute Gasteiger partial charge is 0.326 e. The molecule has 29 heavy (non-hydrogen) atoms. The first-order chi connectivity index (χ1) is 13.7. The molecule has 0 aromatic heterocycles. The van der Waals surface area contributed by atoms with Crippen LogP contribution < -0.4 is 14.9 Å². The summed E-state index contributed by atoms with van der Waals surface area (Å²) < 4.78 is 26.8. The molecule has 1 unspecified atom stereocenters. The van der Waals surface area contributed by atoms with E-state index in [0.29, 0.717) is 23.5 Å². The van der Waals surface area contributed by atoms with Gasteiger partial charge in [0.25, 0.3) is 0 Å². The number of carbonyl (C=O) groups excluding carboxylic acids is 2. The fraction of sp³-hybridized carbons (Fsp3) is 0.300. The number of nitrogens with one attached hydrogen (secondary N) is 2. The lowest BCUT2D eigenvalue weighted by atomic mass is 10.1. The van der Waals surface area contributed by atoms with E-state index in [1.807, 2.05) is 24.3 Å². The smallest absolute Gasteiger partial charge is 0.232 e. The van der Waals surface area contributed by atoms with E-state index in [-0.39, 0.29) is 24.0 Å². The average Bonchev–Trinajstić information content (AvgIpc) is 3.06. The number of sulfonamides is 1. The first kappa shape index (κ1) is 21.3. The van der Waals surface area contributed by atoms with Crippen molar-refractivity contribution >= 4 is 54.8 Å². The molecular formula is C20H22BrN3O4S. The second-order valence-electron chi connectivity index (χ2n) is 6.91. The molecule has 7 nitrogen and oxygen atoms in total. The Morgan fingerprint density at radius 2 is 2.00 bits per heavy atom. The fourth-order valence-electron chi connectivity index (χ4n) is 3.12. The lowest BCUT2D eigenvalue weighted by molar-refractivity contribution is -0.122. The third-order valence-electron chi connectivity index (χ3n) is 4.76. The lowest BCUT2D eigenvalue weighted by Crippen LogP contribution is -2.28. The van der Waals surface area contributed by atoms with Crippen molar-refractivity contribution in [3.63, 3.8) is 0 Å². The fourth-order valence-corrected chi connectivity index (χ4v) is 4.21. The summed E-state index contributed by atoms with van der Waals surface area (Å²) in [5.74, 6) is -0.810. The molecule has 0 saturated carbocycles. The molecule has 1 saturated heterocycles. The Kier molecular flexibility index (Phi) is 6.28. The Morgan fingerprint density at radius 3 is 2.66 bits per heavy atom. The molecule has 1 fully saturated rings. The summed E-state index contributed by atoms with van der Waals surface area (Å²) in [6.45, 7) is 3.64. The molecule has 1 aliphatic heterocycles. The number of hydrogen-bond acceptors (Lipinski definition) is 4. The molecule has 1 aliphatic rings. The predicted octanol–water partition coefficient (Wildman–Crippen LogP) is 3.51. The summed E-state index contributed by atoms with van der Waals surface area (Å²) in [5.41, 5.74) is 2.48. The van der Waals surface area contributed by atoms with Crippen LogP contribution in [0.1, 0.15) is 18.9 Å². The standard InChI is InChI=1S/C20H22BrN3O4S/c1-3-29(27,28)23-18-8-7-16(9-13(18)2)22-20(26)14-10-19(25)24(12-14)17-6-4-5-15(21)11-17/h4-9,11,14,23H,3,10,12H2,1-2H3,(H,22,26). The number of nitrogens with zero attached hydrogens (tertiary/aromatic N) is 1. The van der Waals surface area contributed by atoms with Crippen LogP contribution in [-0.4, -0.2) is 32.5 Å². The van der Waals surface area contributed by atoms with E-state index in [9.17, 15) is 18.0 Å². The number of anilines is 3. The minimum atomic E-state index is -3.37. The number of amides is 2. The molecule has 1 heterocycles. The molecule has 1 atom stereocenters. The second-order valence-corrected chi connectivity index (χ2v) is 9.84. The van der Waals surface area contributed by atoms with Gasteiger partial charge in [-0.25, -0.2) is 8.42 Å². The van der Waals surface area contributed by atoms with Crippen molar-refractivity contribution in [1.82, 2.24) is 0 Å². The van der Waals surface area contributed by atoms with Gasteiger partial charge in [-0.1, -0.05) is 22.0 Å². The first-order valence-electron chi connectivity index (χ1n) is 9.16. The van der Waals surface area contributed by atoms with Crippen molar-refractivity contribution in [2.75, 3.05) is 27.2 Å².